The molecule has 2 rings (SSSR count). The van der Waals surface area contributed by atoms with E-state index in [2.05, 4.69) is 16.6 Å². The number of benzene rings is 1. The molecule has 1 aliphatic rings. The van der Waals surface area contributed by atoms with E-state index >= 15 is 0 Å². The van der Waals surface area contributed by atoms with Gasteiger partial charge in [-0.15, -0.1) is 0 Å². The number of imide groups is 1. The van der Waals surface area contributed by atoms with Gasteiger partial charge in [-0.25, -0.2) is 14.5 Å². The number of carbonyl (C=O) groups is 2. The van der Waals surface area contributed by atoms with Gasteiger partial charge in [-0.2, -0.15) is 0 Å². The molecule has 0 unspecified atom stereocenters. The molecule has 1 aliphatic heterocycles. The van der Waals surface area contributed by atoms with Crippen molar-refractivity contribution in [1.29, 1.82) is 0 Å². The Hall–Kier alpha value is -2.50. The molecule has 1 aromatic carbocycles. The molecule has 6 heteroatoms. The second-order valence-electron chi connectivity index (χ2n) is 3.65. The van der Waals surface area contributed by atoms with Gasteiger partial charge in [0.2, 0.25) is 0 Å². The summed E-state index contributed by atoms with van der Waals surface area (Å²) in [6.07, 6.45) is -0.717. The summed E-state index contributed by atoms with van der Waals surface area (Å²) in [5.74, 6) is 0.937. The standard InChI is InChI=1S/C12H12N2O4/c1-8-7-14(12(16)18-8)11(15)13-9-3-5-10(17-2)6-4-9/h3-6H,1,7H2,2H3,(H,13,15). The summed E-state index contributed by atoms with van der Waals surface area (Å²) in [6, 6.07) is 6.21. The lowest BCUT2D eigenvalue weighted by Gasteiger charge is -2.11. The summed E-state index contributed by atoms with van der Waals surface area (Å²) in [5.41, 5.74) is 0.561. The number of hydrogen-bond donors (Lipinski definition) is 1. The molecule has 0 saturated carbocycles. The van der Waals surface area contributed by atoms with E-state index in [0.717, 1.165) is 4.90 Å². The highest BCUT2D eigenvalue weighted by molar-refractivity contribution is 6.00. The maximum atomic E-state index is 11.8. The number of nitrogens with one attached hydrogen (secondary N) is 1. The lowest BCUT2D eigenvalue weighted by atomic mass is 10.3. The summed E-state index contributed by atoms with van der Waals surface area (Å²) in [7, 11) is 1.55. The molecule has 3 amide bonds. The summed E-state index contributed by atoms with van der Waals surface area (Å²) in [5, 5.41) is 2.58. The fourth-order valence-corrected chi connectivity index (χ4v) is 1.47. The third-order valence-electron chi connectivity index (χ3n) is 2.37. The Morgan fingerprint density at radius 1 is 1.44 bits per heavy atom. The van der Waals surface area contributed by atoms with Gasteiger partial charge >= 0.3 is 12.1 Å². The Balaban J connectivity index is 2.02. The second-order valence-corrected chi connectivity index (χ2v) is 3.65. The van der Waals surface area contributed by atoms with Crippen molar-refractivity contribution in [3.8, 4) is 5.75 Å². The highest BCUT2D eigenvalue weighted by Crippen LogP contribution is 2.17. The van der Waals surface area contributed by atoms with Gasteiger partial charge in [0.1, 0.15) is 11.5 Å². The highest BCUT2D eigenvalue weighted by Gasteiger charge is 2.31. The van der Waals surface area contributed by atoms with Gasteiger partial charge in [-0.05, 0) is 24.3 Å². The lowest BCUT2D eigenvalue weighted by Crippen LogP contribution is -2.35. The number of anilines is 1. The summed E-state index contributed by atoms with van der Waals surface area (Å²) in [4.78, 5) is 24.0. The van der Waals surface area contributed by atoms with Crippen LogP contribution in [0.25, 0.3) is 0 Å². The Labute approximate surface area is 104 Å². The quantitative estimate of drug-likeness (QED) is 0.871. The van der Waals surface area contributed by atoms with Crippen molar-refractivity contribution in [3.63, 3.8) is 0 Å². The molecule has 0 aromatic heterocycles. The molecule has 1 saturated heterocycles. The van der Waals surface area contributed by atoms with E-state index in [1.807, 2.05) is 0 Å². The lowest BCUT2D eigenvalue weighted by molar-refractivity contribution is 0.171. The van der Waals surface area contributed by atoms with Crippen LogP contribution < -0.4 is 10.1 Å². The van der Waals surface area contributed by atoms with Crippen LogP contribution in [0.15, 0.2) is 36.6 Å². The van der Waals surface area contributed by atoms with Crippen molar-refractivity contribution in [2.45, 2.75) is 0 Å². The van der Waals surface area contributed by atoms with E-state index in [-0.39, 0.29) is 12.3 Å². The van der Waals surface area contributed by atoms with Crippen LogP contribution in [0.1, 0.15) is 0 Å². The predicted octanol–water partition coefficient (Wildman–Crippen LogP) is 2.19. The molecule has 1 N–H and O–H groups in total. The van der Waals surface area contributed by atoms with E-state index in [4.69, 9.17) is 4.74 Å². The molecule has 0 radical (unpaired) electrons. The first kappa shape index (κ1) is 12.0. The first-order chi connectivity index (χ1) is 8.60. The van der Waals surface area contributed by atoms with Crippen LogP contribution in [0.4, 0.5) is 15.3 Å². The van der Waals surface area contributed by atoms with Crippen LogP contribution >= 0.6 is 0 Å². The van der Waals surface area contributed by atoms with Crippen LogP contribution in [0.2, 0.25) is 0 Å². The van der Waals surface area contributed by atoms with E-state index in [1.165, 1.54) is 0 Å². The molecule has 1 heterocycles. The minimum Gasteiger partial charge on any atom is -0.497 e. The van der Waals surface area contributed by atoms with Gasteiger partial charge in [0, 0.05) is 5.69 Å². The Kier molecular flexibility index (Phi) is 3.18. The number of urea groups is 1. The first-order valence-corrected chi connectivity index (χ1v) is 5.22. The predicted molar refractivity (Wildman–Crippen MR) is 64.3 cm³/mol. The smallest absolute Gasteiger partial charge is 0.423 e. The molecule has 6 nitrogen and oxygen atoms in total. The fourth-order valence-electron chi connectivity index (χ4n) is 1.47. The van der Waals surface area contributed by atoms with E-state index in [1.54, 1.807) is 31.4 Å². The number of rotatable bonds is 2. The third kappa shape index (κ3) is 2.42. The number of methoxy groups -OCH3 is 1. The molecule has 0 bridgehead atoms. The zero-order valence-electron chi connectivity index (χ0n) is 9.80. The van der Waals surface area contributed by atoms with Gasteiger partial charge in [0.05, 0.1) is 13.7 Å². The monoisotopic (exact) mass is 248 g/mol. The van der Waals surface area contributed by atoms with Gasteiger partial charge in [-0.3, -0.25) is 0 Å². The van der Waals surface area contributed by atoms with E-state index < -0.39 is 12.1 Å². The average Bonchev–Trinajstić information content (AvgIpc) is 2.69. The zero-order chi connectivity index (χ0) is 13.1. The van der Waals surface area contributed by atoms with Crippen molar-refractivity contribution in [2.75, 3.05) is 19.0 Å². The van der Waals surface area contributed by atoms with Crippen molar-refractivity contribution < 1.29 is 19.1 Å². The number of amides is 3. The Bertz CT molecular complexity index is 495. The van der Waals surface area contributed by atoms with Crippen molar-refractivity contribution in [3.05, 3.63) is 36.6 Å². The largest absolute Gasteiger partial charge is 0.497 e. The van der Waals surface area contributed by atoms with Crippen LogP contribution in [0.3, 0.4) is 0 Å². The van der Waals surface area contributed by atoms with Gasteiger partial charge in [-0.1, -0.05) is 6.58 Å². The van der Waals surface area contributed by atoms with Crippen LogP contribution in [0.5, 0.6) is 5.75 Å². The highest BCUT2D eigenvalue weighted by atomic mass is 16.6. The number of hydrogen-bond acceptors (Lipinski definition) is 4. The average molecular weight is 248 g/mol. The maximum Gasteiger partial charge on any atom is 0.423 e. The Morgan fingerprint density at radius 3 is 2.61 bits per heavy atom. The molecule has 0 atom stereocenters. The second kappa shape index (κ2) is 4.79. The van der Waals surface area contributed by atoms with Crippen molar-refractivity contribution in [2.24, 2.45) is 0 Å². The molecule has 1 fully saturated rings. The summed E-state index contributed by atoms with van der Waals surface area (Å²) >= 11 is 0. The Morgan fingerprint density at radius 2 is 2.11 bits per heavy atom. The minimum absolute atomic E-state index is 0.0703. The minimum atomic E-state index is -0.717. The molecule has 94 valence electrons. The van der Waals surface area contributed by atoms with Crippen LogP contribution in [-0.2, 0) is 4.74 Å². The van der Waals surface area contributed by atoms with Crippen LogP contribution in [0, 0.1) is 0 Å². The number of cyclic esters (lactones) is 1. The fraction of sp³-hybridized carbons (Fsp3) is 0.167. The SMILES string of the molecule is C=C1CN(C(=O)Nc2ccc(OC)cc2)C(=O)O1. The number of ether oxygens (including phenoxy) is 2. The maximum absolute atomic E-state index is 11.8. The van der Waals surface area contributed by atoms with Gasteiger partial charge < -0.3 is 14.8 Å². The molecule has 18 heavy (non-hydrogen) atoms. The van der Waals surface area contributed by atoms with Crippen molar-refractivity contribution >= 4 is 17.8 Å². The van der Waals surface area contributed by atoms with Crippen LogP contribution in [-0.4, -0.2) is 30.7 Å². The number of carbonyl (C=O) groups excluding carboxylic acids is 2. The molecular formula is C12H12N2O4. The normalized spacial score (nSPS) is 14.4. The van der Waals surface area contributed by atoms with Gasteiger partial charge in [0.25, 0.3) is 0 Å². The summed E-state index contributed by atoms with van der Waals surface area (Å²) < 4.78 is 9.68. The molecular weight excluding hydrogens is 236 g/mol. The first-order valence-electron chi connectivity index (χ1n) is 5.22. The van der Waals surface area contributed by atoms with E-state index in [9.17, 15) is 9.59 Å². The van der Waals surface area contributed by atoms with Gasteiger partial charge in [0.15, 0.2) is 0 Å². The topological polar surface area (TPSA) is 67.9 Å². The molecule has 0 aliphatic carbocycles. The number of nitrogens with zero attached hydrogens (tertiary/aromatic N) is 1. The zero-order valence-corrected chi connectivity index (χ0v) is 9.80. The third-order valence-corrected chi connectivity index (χ3v) is 2.37. The molecule has 0 spiro atoms. The molecule has 1 aromatic rings. The summed E-state index contributed by atoms with van der Waals surface area (Å²) in [6.45, 7) is 3.56. The van der Waals surface area contributed by atoms with E-state index in [0.29, 0.717) is 11.4 Å². The van der Waals surface area contributed by atoms with Crippen molar-refractivity contribution in [1.82, 2.24) is 4.90 Å².